The molecule has 0 aliphatic carbocycles. The van der Waals surface area contributed by atoms with Crippen LogP contribution in [0, 0.1) is 10.1 Å². The molecule has 0 saturated carbocycles. The lowest BCUT2D eigenvalue weighted by Crippen LogP contribution is -2.48. The third kappa shape index (κ3) is 4.81. The van der Waals surface area contributed by atoms with E-state index in [4.69, 9.17) is 9.47 Å². The topological polar surface area (TPSA) is 88.4 Å². The van der Waals surface area contributed by atoms with Gasteiger partial charge in [0.15, 0.2) is 11.5 Å². The van der Waals surface area contributed by atoms with Gasteiger partial charge in [0.25, 0.3) is 11.6 Å². The highest BCUT2D eigenvalue weighted by molar-refractivity contribution is 5.95. The van der Waals surface area contributed by atoms with Gasteiger partial charge in [0, 0.05) is 56.6 Å². The van der Waals surface area contributed by atoms with Gasteiger partial charge in [-0.2, -0.15) is 0 Å². The highest BCUT2D eigenvalue weighted by Crippen LogP contribution is 2.35. The van der Waals surface area contributed by atoms with Crippen LogP contribution >= 0.6 is 0 Å². The number of hydrogen-bond donors (Lipinski definition) is 0. The van der Waals surface area contributed by atoms with Gasteiger partial charge in [-0.1, -0.05) is 0 Å². The van der Waals surface area contributed by atoms with E-state index in [1.54, 1.807) is 38.5 Å². The van der Waals surface area contributed by atoms with Crippen molar-refractivity contribution in [1.29, 1.82) is 0 Å². The fourth-order valence-electron chi connectivity index (χ4n) is 4.57. The van der Waals surface area contributed by atoms with Crippen LogP contribution in [-0.2, 0) is 0 Å². The first-order valence-electron chi connectivity index (χ1n) is 11.3. The number of nitro benzene ring substituents is 1. The fourth-order valence-corrected chi connectivity index (χ4v) is 4.57. The number of hydrogen-bond acceptors (Lipinski definition) is 7. The third-order valence-corrected chi connectivity index (χ3v) is 6.41. The minimum absolute atomic E-state index is 0.0479. The van der Waals surface area contributed by atoms with Crippen molar-refractivity contribution >= 4 is 23.0 Å². The molecule has 0 unspecified atom stereocenters. The van der Waals surface area contributed by atoms with Crippen LogP contribution in [0.15, 0.2) is 36.4 Å². The molecule has 2 aromatic rings. The Morgan fingerprint density at radius 1 is 0.848 bits per heavy atom. The molecule has 2 fully saturated rings. The summed E-state index contributed by atoms with van der Waals surface area (Å²) in [7, 11) is 3.11. The van der Waals surface area contributed by atoms with Crippen LogP contribution in [0.4, 0.5) is 17.1 Å². The van der Waals surface area contributed by atoms with Crippen LogP contribution in [0.25, 0.3) is 0 Å². The van der Waals surface area contributed by atoms with Gasteiger partial charge >= 0.3 is 0 Å². The number of rotatable bonds is 6. The molecule has 0 atom stereocenters. The zero-order valence-electron chi connectivity index (χ0n) is 19.2. The van der Waals surface area contributed by atoms with Gasteiger partial charge in [0.1, 0.15) is 5.69 Å². The number of ether oxygens (including phenoxy) is 2. The number of benzene rings is 2. The fraction of sp³-hybridized carbons (Fsp3) is 0.458. The molecule has 2 heterocycles. The summed E-state index contributed by atoms with van der Waals surface area (Å²) in [5.41, 5.74) is 2.37. The van der Waals surface area contributed by atoms with E-state index >= 15 is 0 Å². The molecule has 1 amide bonds. The first-order chi connectivity index (χ1) is 16.0. The van der Waals surface area contributed by atoms with Crippen molar-refractivity contribution in [3.8, 4) is 11.5 Å². The van der Waals surface area contributed by atoms with Gasteiger partial charge in [-0.05, 0) is 49.6 Å². The number of amides is 1. The molecule has 9 heteroatoms. The van der Waals surface area contributed by atoms with Gasteiger partial charge < -0.3 is 24.2 Å². The van der Waals surface area contributed by atoms with E-state index in [2.05, 4.69) is 9.80 Å². The summed E-state index contributed by atoms with van der Waals surface area (Å²) in [5, 5.41) is 11.6. The van der Waals surface area contributed by atoms with E-state index in [0.29, 0.717) is 48.9 Å². The van der Waals surface area contributed by atoms with Crippen LogP contribution in [0.2, 0.25) is 0 Å². The lowest BCUT2D eigenvalue weighted by Gasteiger charge is -2.37. The van der Waals surface area contributed by atoms with Crippen LogP contribution < -0.4 is 19.3 Å². The summed E-state index contributed by atoms with van der Waals surface area (Å²) in [6.45, 7) is 4.16. The summed E-state index contributed by atoms with van der Waals surface area (Å²) < 4.78 is 10.6. The Kier molecular flexibility index (Phi) is 6.86. The smallest absolute Gasteiger partial charge is 0.292 e. The number of nitro groups is 1. The van der Waals surface area contributed by atoms with Gasteiger partial charge in [-0.3, -0.25) is 14.9 Å². The van der Waals surface area contributed by atoms with Crippen LogP contribution in [0.5, 0.6) is 11.5 Å². The van der Waals surface area contributed by atoms with Crippen molar-refractivity contribution in [3.63, 3.8) is 0 Å². The average molecular weight is 455 g/mol. The Labute approximate surface area is 193 Å². The normalized spacial score (nSPS) is 16.5. The number of carbonyl (C=O) groups excluding carboxylic acids is 1. The summed E-state index contributed by atoms with van der Waals surface area (Å²) in [5.74, 6) is 1.06. The Bertz CT molecular complexity index is 1010. The van der Waals surface area contributed by atoms with E-state index in [-0.39, 0.29) is 16.5 Å². The molecule has 0 aromatic heterocycles. The van der Waals surface area contributed by atoms with Crippen LogP contribution in [-0.4, -0.2) is 69.2 Å². The van der Waals surface area contributed by atoms with E-state index < -0.39 is 0 Å². The molecule has 0 spiro atoms. The second-order valence-electron chi connectivity index (χ2n) is 8.33. The predicted molar refractivity (Wildman–Crippen MR) is 127 cm³/mol. The lowest BCUT2D eigenvalue weighted by molar-refractivity contribution is -0.384. The number of nitrogens with zero attached hydrogens (tertiary/aromatic N) is 4. The zero-order valence-corrected chi connectivity index (χ0v) is 19.2. The van der Waals surface area contributed by atoms with Crippen molar-refractivity contribution in [3.05, 3.63) is 52.1 Å². The minimum atomic E-state index is -0.298. The number of methoxy groups -OCH3 is 2. The minimum Gasteiger partial charge on any atom is -0.493 e. The largest absolute Gasteiger partial charge is 0.493 e. The molecule has 2 aliphatic rings. The van der Waals surface area contributed by atoms with Gasteiger partial charge in [-0.15, -0.1) is 0 Å². The highest BCUT2D eigenvalue weighted by Gasteiger charge is 2.26. The summed E-state index contributed by atoms with van der Waals surface area (Å²) in [6.07, 6.45) is 3.27. The molecule has 33 heavy (non-hydrogen) atoms. The van der Waals surface area contributed by atoms with E-state index in [1.807, 2.05) is 17.0 Å². The molecular formula is C24H30N4O5. The van der Waals surface area contributed by atoms with Crippen LogP contribution in [0.3, 0.4) is 0 Å². The van der Waals surface area contributed by atoms with Crippen molar-refractivity contribution in [2.45, 2.75) is 19.3 Å². The molecule has 2 aromatic carbocycles. The number of piperazine rings is 1. The van der Waals surface area contributed by atoms with Crippen molar-refractivity contribution in [1.82, 2.24) is 4.90 Å². The maximum absolute atomic E-state index is 13.0. The maximum Gasteiger partial charge on any atom is 0.292 e. The highest BCUT2D eigenvalue weighted by atomic mass is 16.6. The molecule has 9 nitrogen and oxygen atoms in total. The second-order valence-corrected chi connectivity index (χ2v) is 8.33. The lowest BCUT2D eigenvalue weighted by atomic mass is 10.1. The van der Waals surface area contributed by atoms with E-state index in [0.717, 1.165) is 31.6 Å². The first kappa shape index (κ1) is 22.7. The summed E-state index contributed by atoms with van der Waals surface area (Å²) >= 11 is 0. The quantitative estimate of drug-likeness (QED) is 0.487. The maximum atomic E-state index is 13.0. The van der Waals surface area contributed by atoms with Crippen molar-refractivity contribution < 1.29 is 19.2 Å². The zero-order chi connectivity index (χ0) is 23.4. The molecule has 2 aliphatic heterocycles. The number of anilines is 2. The van der Waals surface area contributed by atoms with E-state index in [1.165, 1.54) is 6.42 Å². The molecule has 2 saturated heterocycles. The van der Waals surface area contributed by atoms with Gasteiger partial charge in [0.2, 0.25) is 0 Å². The second kappa shape index (κ2) is 9.97. The monoisotopic (exact) mass is 454 g/mol. The Morgan fingerprint density at radius 3 is 2.18 bits per heavy atom. The van der Waals surface area contributed by atoms with Gasteiger partial charge in [-0.25, -0.2) is 0 Å². The number of piperidine rings is 1. The third-order valence-electron chi connectivity index (χ3n) is 6.41. The van der Waals surface area contributed by atoms with Crippen molar-refractivity contribution in [2.24, 2.45) is 0 Å². The molecular weight excluding hydrogens is 424 g/mol. The average Bonchev–Trinajstić information content (AvgIpc) is 2.88. The van der Waals surface area contributed by atoms with Crippen LogP contribution in [0.1, 0.15) is 29.6 Å². The Morgan fingerprint density at radius 2 is 1.55 bits per heavy atom. The first-order valence-corrected chi connectivity index (χ1v) is 11.3. The molecule has 0 radical (unpaired) electrons. The summed E-state index contributed by atoms with van der Waals surface area (Å²) in [6, 6.07) is 10.6. The standard InChI is InChI=1S/C24H30N4O5/c1-32-22-9-6-18(16-23(22)33-2)24(29)27-14-12-25(13-15-27)19-7-8-20(28(30)31)21(17-19)26-10-4-3-5-11-26/h6-9,16-17H,3-5,10-15H2,1-2H3. The molecule has 4 rings (SSSR count). The summed E-state index contributed by atoms with van der Waals surface area (Å²) in [4.78, 5) is 30.5. The Hall–Kier alpha value is -3.49. The van der Waals surface area contributed by atoms with E-state index in [9.17, 15) is 14.9 Å². The van der Waals surface area contributed by atoms with Crippen molar-refractivity contribution in [2.75, 3.05) is 63.3 Å². The number of carbonyl (C=O) groups is 1. The predicted octanol–water partition coefficient (Wildman–Crippen LogP) is 3.56. The van der Waals surface area contributed by atoms with Gasteiger partial charge in [0.05, 0.1) is 19.1 Å². The molecule has 0 bridgehead atoms. The SMILES string of the molecule is COc1ccc(C(=O)N2CCN(c3ccc([N+](=O)[O-])c(N4CCCCC4)c3)CC2)cc1OC. The molecule has 0 N–H and O–H groups in total. The Balaban J connectivity index is 1.46. The molecule has 176 valence electrons.